The standard InChI is InChI=1S/C22H29N5O4/c1-2-18-24-19(25-31-18)17-6-3-9-23-20(17)27-10-4-5-16(15-27)21(28)26-11-7-22(8-12-26)29-13-14-30-22/h3,6,9,16H,2,4-5,7-8,10-15H2,1H3. The highest BCUT2D eigenvalue weighted by Gasteiger charge is 2.42. The third kappa shape index (κ3) is 4.04. The number of nitrogens with zero attached hydrogens (tertiary/aromatic N) is 5. The zero-order valence-corrected chi connectivity index (χ0v) is 18.0. The topological polar surface area (TPSA) is 93.8 Å². The molecule has 0 N–H and O–H groups in total. The lowest BCUT2D eigenvalue weighted by atomic mass is 9.94. The molecule has 0 radical (unpaired) electrons. The maximum atomic E-state index is 13.3. The molecule has 31 heavy (non-hydrogen) atoms. The van der Waals surface area contributed by atoms with Crippen molar-refractivity contribution in [3.05, 3.63) is 24.2 Å². The fraction of sp³-hybridized carbons (Fsp3) is 0.636. The SMILES string of the molecule is CCc1nc(-c2cccnc2N2CCCC(C(=O)N3CCC4(CC3)OCCO4)C2)no1. The maximum Gasteiger partial charge on any atom is 0.227 e. The molecule has 1 unspecified atom stereocenters. The molecule has 3 aliphatic rings. The van der Waals surface area contributed by atoms with Gasteiger partial charge in [-0.25, -0.2) is 4.98 Å². The first-order valence-electron chi connectivity index (χ1n) is 11.3. The fourth-order valence-corrected chi connectivity index (χ4v) is 4.81. The first kappa shape index (κ1) is 20.4. The number of hydrogen-bond acceptors (Lipinski definition) is 8. The number of pyridine rings is 1. The number of ether oxygens (including phenoxy) is 2. The summed E-state index contributed by atoms with van der Waals surface area (Å²) in [4.78, 5) is 26.6. The van der Waals surface area contributed by atoms with E-state index in [-0.39, 0.29) is 11.8 Å². The van der Waals surface area contributed by atoms with Crippen molar-refractivity contribution in [2.45, 2.75) is 44.8 Å². The molecular weight excluding hydrogens is 398 g/mol. The number of likely N-dealkylation sites (tertiary alicyclic amines) is 1. The van der Waals surface area contributed by atoms with Crippen molar-refractivity contribution in [3.8, 4) is 11.4 Å². The third-order valence-electron chi connectivity index (χ3n) is 6.52. The van der Waals surface area contributed by atoms with Crippen molar-refractivity contribution >= 4 is 11.7 Å². The molecule has 1 atom stereocenters. The molecule has 1 spiro atoms. The summed E-state index contributed by atoms with van der Waals surface area (Å²) >= 11 is 0. The van der Waals surface area contributed by atoms with Crippen molar-refractivity contribution in [2.24, 2.45) is 5.92 Å². The summed E-state index contributed by atoms with van der Waals surface area (Å²) in [6, 6.07) is 3.84. The minimum Gasteiger partial charge on any atom is -0.355 e. The Bertz CT molecular complexity index is 916. The van der Waals surface area contributed by atoms with Crippen LogP contribution in [0, 0.1) is 5.92 Å². The van der Waals surface area contributed by atoms with Gasteiger partial charge in [-0.3, -0.25) is 4.79 Å². The Balaban J connectivity index is 1.28. The van der Waals surface area contributed by atoms with E-state index in [2.05, 4.69) is 20.0 Å². The minimum atomic E-state index is -0.458. The lowest BCUT2D eigenvalue weighted by Crippen LogP contribution is -2.51. The van der Waals surface area contributed by atoms with E-state index in [0.717, 1.165) is 43.6 Å². The summed E-state index contributed by atoms with van der Waals surface area (Å²) in [5.74, 6) is 1.69. The molecule has 0 aromatic carbocycles. The van der Waals surface area contributed by atoms with Gasteiger partial charge in [0.1, 0.15) is 5.82 Å². The van der Waals surface area contributed by atoms with Gasteiger partial charge in [0.15, 0.2) is 5.79 Å². The van der Waals surface area contributed by atoms with Crippen LogP contribution in [0.25, 0.3) is 11.4 Å². The largest absolute Gasteiger partial charge is 0.355 e. The Morgan fingerprint density at radius 1 is 1.23 bits per heavy atom. The summed E-state index contributed by atoms with van der Waals surface area (Å²) in [5.41, 5.74) is 0.842. The number of carbonyl (C=O) groups is 1. The van der Waals surface area contributed by atoms with Crippen LogP contribution in [0.5, 0.6) is 0 Å². The maximum absolute atomic E-state index is 13.3. The molecule has 1 amide bonds. The predicted octanol–water partition coefficient (Wildman–Crippen LogP) is 2.28. The lowest BCUT2D eigenvalue weighted by molar-refractivity contribution is -0.188. The van der Waals surface area contributed by atoms with E-state index in [4.69, 9.17) is 14.0 Å². The van der Waals surface area contributed by atoms with Crippen LogP contribution in [0.3, 0.4) is 0 Å². The van der Waals surface area contributed by atoms with Gasteiger partial charge >= 0.3 is 0 Å². The van der Waals surface area contributed by atoms with E-state index >= 15 is 0 Å². The Labute approximate surface area is 181 Å². The van der Waals surface area contributed by atoms with Gasteiger partial charge in [-0.2, -0.15) is 4.98 Å². The average Bonchev–Trinajstić information content (AvgIpc) is 3.49. The molecule has 9 nitrogen and oxygen atoms in total. The van der Waals surface area contributed by atoms with E-state index in [1.165, 1.54) is 0 Å². The van der Waals surface area contributed by atoms with Crippen LogP contribution in [-0.4, -0.2) is 71.1 Å². The molecule has 5 rings (SSSR count). The molecule has 5 heterocycles. The second-order valence-electron chi connectivity index (χ2n) is 8.46. The molecule has 0 bridgehead atoms. The first-order chi connectivity index (χ1) is 15.2. The molecular formula is C22H29N5O4. The van der Waals surface area contributed by atoms with Crippen molar-refractivity contribution in [2.75, 3.05) is 44.3 Å². The van der Waals surface area contributed by atoms with Gasteiger partial charge in [-0.15, -0.1) is 0 Å². The van der Waals surface area contributed by atoms with Crippen molar-refractivity contribution in [1.82, 2.24) is 20.0 Å². The number of aromatic nitrogens is 3. The summed E-state index contributed by atoms with van der Waals surface area (Å²) in [6.45, 7) is 6.17. The van der Waals surface area contributed by atoms with Gasteiger partial charge in [0, 0.05) is 51.6 Å². The number of carbonyl (C=O) groups excluding carboxylic acids is 1. The molecule has 0 saturated carbocycles. The molecule has 2 aromatic rings. The van der Waals surface area contributed by atoms with Crippen LogP contribution in [0.4, 0.5) is 5.82 Å². The summed E-state index contributed by atoms with van der Waals surface area (Å²) < 4.78 is 16.9. The molecule has 2 aromatic heterocycles. The number of amides is 1. The van der Waals surface area contributed by atoms with Gasteiger partial charge in [0.2, 0.25) is 17.6 Å². The molecule has 9 heteroatoms. The van der Waals surface area contributed by atoms with E-state index in [1.807, 2.05) is 24.0 Å². The van der Waals surface area contributed by atoms with E-state index in [0.29, 0.717) is 51.0 Å². The van der Waals surface area contributed by atoms with Crippen molar-refractivity contribution in [1.29, 1.82) is 0 Å². The predicted molar refractivity (Wildman–Crippen MR) is 112 cm³/mol. The molecule has 3 fully saturated rings. The Morgan fingerprint density at radius 3 is 2.77 bits per heavy atom. The molecule has 166 valence electrons. The van der Waals surface area contributed by atoms with Gasteiger partial charge < -0.3 is 23.8 Å². The highest BCUT2D eigenvalue weighted by Crippen LogP contribution is 2.34. The third-order valence-corrected chi connectivity index (χ3v) is 6.52. The number of anilines is 1. The van der Waals surface area contributed by atoms with Gasteiger partial charge in [0.25, 0.3) is 0 Å². The highest BCUT2D eigenvalue weighted by molar-refractivity contribution is 5.80. The average molecular weight is 428 g/mol. The zero-order valence-electron chi connectivity index (χ0n) is 18.0. The normalized spacial score (nSPS) is 23.5. The van der Waals surface area contributed by atoms with E-state index < -0.39 is 5.79 Å². The Morgan fingerprint density at radius 2 is 2.03 bits per heavy atom. The second-order valence-corrected chi connectivity index (χ2v) is 8.46. The molecule has 0 aliphatic carbocycles. The fourth-order valence-electron chi connectivity index (χ4n) is 4.81. The van der Waals surface area contributed by atoms with Crippen LogP contribution < -0.4 is 4.90 Å². The van der Waals surface area contributed by atoms with E-state index in [9.17, 15) is 4.79 Å². The van der Waals surface area contributed by atoms with Crippen molar-refractivity contribution < 1.29 is 18.8 Å². The number of aryl methyl sites for hydroxylation is 1. The quantitative estimate of drug-likeness (QED) is 0.734. The zero-order chi connectivity index (χ0) is 21.3. The minimum absolute atomic E-state index is 0.0421. The summed E-state index contributed by atoms with van der Waals surface area (Å²) in [6.07, 6.45) is 5.80. The number of rotatable bonds is 4. The van der Waals surface area contributed by atoms with Crippen LogP contribution in [0.15, 0.2) is 22.9 Å². The molecule has 3 saturated heterocycles. The Hall–Kier alpha value is -2.52. The first-order valence-corrected chi connectivity index (χ1v) is 11.3. The van der Waals surface area contributed by atoms with E-state index in [1.54, 1.807) is 6.20 Å². The molecule has 3 aliphatic heterocycles. The number of hydrogen-bond donors (Lipinski definition) is 0. The lowest BCUT2D eigenvalue weighted by Gasteiger charge is -2.40. The second kappa shape index (κ2) is 8.55. The highest BCUT2D eigenvalue weighted by atomic mass is 16.7. The summed E-state index contributed by atoms with van der Waals surface area (Å²) in [5, 5.41) is 4.12. The summed E-state index contributed by atoms with van der Waals surface area (Å²) in [7, 11) is 0. The van der Waals surface area contributed by atoms with Crippen LogP contribution in [0.2, 0.25) is 0 Å². The Kier molecular flexibility index (Phi) is 5.62. The van der Waals surface area contributed by atoms with Crippen LogP contribution >= 0.6 is 0 Å². The monoisotopic (exact) mass is 427 g/mol. The van der Waals surface area contributed by atoms with Crippen LogP contribution in [0.1, 0.15) is 38.5 Å². The smallest absolute Gasteiger partial charge is 0.227 e. The van der Waals surface area contributed by atoms with Gasteiger partial charge in [-0.05, 0) is 25.0 Å². The van der Waals surface area contributed by atoms with Gasteiger partial charge in [0.05, 0.1) is 24.7 Å². The van der Waals surface area contributed by atoms with Crippen molar-refractivity contribution in [3.63, 3.8) is 0 Å². The van der Waals surface area contributed by atoms with Gasteiger partial charge in [-0.1, -0.05) is 12.1 Å². The van der Waals surface area contributed by atoms with Crippen LogP contribution in [-0.2, 0) is 20.7 Å². The number of piperidine rings is 2.